The van der Waals surface area contributed by atoms with Crippen molar-refractivity contribution in [2.75, 3.05) is 13.1 Å². The van der Waals surface area contributed by atoms with Gasteiger partial charge in [-0.1, -0.05) is 58.0 Å². The molecule has 2 heteroatoms. The summed E-state index contributed by atoms with van der Waals surface area (Å²) >= 11 is 0. The van der Waals surface area contributed by atoms with E-state index >= 15 is 0 Å². The minimum atomic E-state index is 0.286. The Labute approximate surface area is 130 Å². The van der Waals surface area contributed by atoms with Gasteiger partial charge in [0.15, 0.2) is 0 Å². The standard InChI is InChI=1S/C19H32N2/c1-6-19(7-2)14-21(18(13-20-19)15(3)4)16(5)17-11-9-8-10-12-17/h8-12,15-16,18,20H,6-7,13-14H2,1-5H3. The van der Waals surface area contributed by atoms with Gasteiger partial charge in [0.25, 0.3) is 0 Å². The first-order valence-corrected chi connectivity index (χ1v) is 8.58. The molecule has 2 rings (SSSR count). The molecule has 0 bridgehead atoms. The lowest BCUT2D eigenvalue weighted by molar-refractivity contribution is 0.0213. The van der Waals surface area contributed by atoms with Crippen LogP contribution in [-0.4, -0.2) is 29.6 Å². The topological polar surface area (TPSA) is 15.3 Å². The first kappa shape index (κ1) is 16.5. The molecule has 1 aromatic carbocycles. The van der Waals surface area contributed by atoms with Crippen molar-refractivity contribution in [1.82, 2.24) is 10.2 Å². The maximum absolute atomic E-state index is 3.86. The Morgan fingerprint density at radius 3 is 2.29 bits per heavy atom. The molecule has 1 aliphatic rings. The number of benzene rings is 1. The van der Waals surface area contributed by atoms with E-state index in [1.165, 1.54) is 18.4 Å². The van der Waals surface area contributed by atoms with Gasteiger partial charge in [0.1, 0.15) is 0 Å². The van der Waals surface area contributed by atoms with E-state index in [9.17, 15) is 0 Å². The molecule has 1 aromatic rings. The number of rotatable bonds is 5. The smallest absolute Gasteiger partial charge is 0.0324 e. The maximum atomic E-state index is 3.86. The van der Waals surface area contributed by atoms with Gasteiger partial charge in [-0.25, -0.2) is 0 Å². The molecule has 1 heterocycles. The fourth-order valence-electron chi connectivity index (χ4n) is 3.65. The zero-order valence-corrected chi connectivity index (χ0v) is 14.4. The van der Waals surface area contributed by atoms with Gasteiger partial charge < -0.3 is 5.32 Å². The minimum absolute atomic E-state index is 0.286. The van der Waals surface area contributed by atoms with E-state index < -0.39 is 0 Å². The predicted molar refractivity (Wildman–Crippen MR) is 91.5 cm³/mol. The summed E-state index contributed by atoms with van der Waals surface area (Å²) in [7, 11) is 0. The van der Waals surface area contributed by atoms with Gasteiger partial charge >= 0.3 is 0 Å². The highest BCUT2D eigenvalue weighted by Gasteiger charge is 2.39. The zero-order chi connectivity index (χ0) is 15.5. The van der Waals surface area contributed by atoms with Crippen LogP contribution in [0.15, 0.2) is 30.3 Å². The van der Waals surface area contributed by atoms with E-state index in [0.29, 0.717) is 18.0 Å². The van der Waals surface area contributed by atoms with Crippen molar-refractivity contribution in [3.63, 3.8) is 0 Å². The summed E-state index contributed by atoms with van der Waals surface area (Å²) in [5, 5.41) is 3.86. The van der Waals surface area contributed by atoms with Crippen molar-refractivity contribution in [1.29, 1.82) is 0 Å². The summed E-state index contributed by atoms with van der Waals surface area (Å²) in [5.74, 6) is 0.676. The van der Waals surface area contributed by atoms with Gasteiger partial charge in [-0.3, -0.25) is 4.90 Å². The van der Waals surface area contributed by atoms with Gasteiger partial charge in [-0.05, 0) is 31.2 Å². The van der Waals surface area contributed by atoms with Crippen molar-refractivity contribution in [2.45, 2.75) is 65.1 Å². The Morgan fingerprint density at radius 1 is 1.14 bits per heavy atom. The third-order valence-corrected chi connectivity index (χ3v) is 5.50. The summed E-state index contributed by atoms with van der Waals surface area (Å²) in [6, 6.07) is 12.1. The van der Waals surface area contributed by atoms with E-state index in [1.54, 1.807) is 0 Å². The van der Waals surface area contributed by atoms with E-state index in [1.807, 2.05) is 0 Å². The fraction of sp³-hybridized carbons (Fsp3) is 0.684. The highest BCUT2D eigenvalue weighted by Crippen LogP contribution is 2.32. The van der Waals surface area contributed by atoms with Gasteiger partial charge in [0.2, 0.25) is 0 Å². The van der Waals surface area contributed by atoms with Gasteiger partial charge in [0, 0.05) is 30.7 Å². The molecule has 2 atom stereocenters. The van der Waals surface area contributed by atoms with Crippen molar-refractivity contribution in [3.8, 4) is 0 Å². The second kappa shape index (κ2) is 6.93. The predicted octanol–water partition coefficient (Wildman–Crippen LogP) is 4.24. The van der Waals surface area contributed by atoms with Crippen molar-refractivity contribution < 1.29 is 0 Å². The van der Waals surface area contributed by atoms with Crippen LogP contribution in [0.3, 0.4) is 0 Å². The molecule has 1 aliphatic heterocycles. The quantitative estimate of drug-likeness (QED) is 0.872. The summed E-state index contributed by atoms with van der Waals surface area (Å²) in [6.07, 6.45) is 2.40. The van der Waals surface area contributed by atoms with Crippen LogP contribution in [0.25, 0.3) is 0 Å². The average molecular weight is 288 g/mol. The third kappa shape index (κ3) is 3.49. The fourth-order valence-corrected chi connectivity index (χ4v) is 3.65. The molecular weight excluding hydrogens is 256 g/mol. The summed E-state index contributed by atoms with van der Waals surface area (Å²) < 4.78 is 0. The van der Waals surface area contributed by atoms with Crippen LogP contribution in [0.5, 0.6) is 0 Å². The third-order valence-electron chi connectivity index (χ3n) is 5.50. The van der Waals surface area contributed by atoms with Crippen LogP contribution in [-0.2, 0) is 0 Å². The van der Waals surface area contributed by atoms with Crippen molar-refractivity contribution in [3.05, 3.63) is 35.9 Å². The van der Waals surface area contributed by atoms with Crippen LogP contribution >= 0.6 is 0 Å². The molecular formula is C19H32N2. The second-order valence-corrected chi connectivity index (χ2v) is 6.94. The molecule has 0 aromatic heterocycles. The van der Waals surface area contributed by atoms with E-state index in [-0.39, 0.29) is 5.54 Å². The van der Waals surface area contributed by atoms with Crippen molar-refractivity contribution in [2.24, 2.45) is 5.92 Å². The number of nitrogens with zero attached hydrogens (tertiary/aromatic N) is 1. The first-order chi connectivity index (χ1) is 10.0. The van der Waals surface area contributed by atoms with Crippen molar-refractivity contribution >= 4 is 0 Å². The lowest BCUT2D eigenvalue weighted by atomic mass is 9.84. The Balaban J connectivity index is 2.25. The Kier molecular flexibility index (Phi) is 5.45. The lowest BCUT2D eigenvalue weighted by Gasteiger charge is -2.51. The highest BCUT2D eigenvalue weighted by atomic mass is 15.3. The van der Waals surface area contributed by atoms with Crippen LogP contribution < -0.4 is 5.32 Å². The molecule has 118 valence electrons. The number of piperazine rings is 1. The van der Waals surface area contributed by atoms with E-state index in [2.05, 4.69) is 75.2 Å². The Hall–Kier alpha value is -0.860. The maximum Gasteiger partial charge on any atom is 0.0324 e. The Morgan fingerprint density at radius 2 is 1.76 bits per heavy atom. The largest absolute Gasteiger partial charge is 0.308 e. The summed E-state index contributed by atoms with van der Waals surface area (Å²) in [6.45, 7) is 14.0. The first-order valence-electron chi connectivity index (χ1n) is 8.58. The van der Waals surface area contributed by atoms with E-state index in [4.69, 9.17) is 0 Å². The summed E-state index contributed by atoms with van der Waals surface area (Å²) in [4.78, 5) is 2.74. The Bertz CT molecular complexity index is 422. The molecule has 21 heavy (non-hydrogen) atoms. The van der Waals surface area contributed by atoms with Crippen LogP contribution in [0.1, 0.15) is 59.1 Å². The molecule has 1 saturated heterocycles. The van der Waals surface area contributed by atoms with Crippen LogP contribution in [0.4, 0.5) is 0 Å². The molecule has 0 aliphatic carbocycles. The molecule has 2 unspecified atom stereocenters. The van der Waals surface area contributed by atoms with Gasteiger partial charge in [-0.2, -0.15) is 0 Å². The normalized spacial score (nSPS) is 24.2. The molecule has 2 nitrogen and oxygen atoms in total. The molecule has 0 amide bonds. The van der Waals surface area contributed by atoms with Crippen LogP contribution in [0, 0.1) is 5.92 Å². The van der Waals surface area contributed by atoms with Gasteiger partial charge in [-0.15, -0.1) is 0 Å². The van der Waals surface area contributed by atoms with Crippen LogP contribution in [0.2, 0.25) is 0 Å². The van der Waals surface area contributed by atoms with Gasteiger partial charge in [0.05, 0.1) is 0 Å². The molecule has 1 N–H and O–H groups in total. The summed E-state index contributed by atoms with van der Waals surface area (Å²) in [5.41, 5.74) is 1.72. The average Bonchev–Trinajstić information content (AvgIpc) is 2.54. The SMILES string of the molecule is CCC1(CC)CN(C(C)c2ccccc2)C(C(C)C)CN1. The monoisotopic (exact) mass is 288 g/mol. The highest BCUT2D eigenvalue weighted by molar-refractivity contribution is 5.19. The number of hydrogen-bond donors (Lipinski definition) is 1. The molecule has 0 spiro atoms. The number of hydrogen-bond acceptors (Lipinski definition) is 2. The van der Waals surface area contributed by atoms with E-state index in [0.717, 1.165) is 13.1 Å². The lowest BCUT2D eigenvalue weighted by Crippen LogP contribution is -2.65. The second-order valence-electron chi connectivity index (χ2n) is 6.94. The molecule has 0 saturated carbocycles. The minimum Gasteiger partial charge on any atom is -0.308 e. The number of nitrogens with one attached hydrogen (secondary N) is 1. The molecule has 0 radical (unpaired) electrons. The molecule has 1 fully saturated rings. The zero-order valence-electron chi connectivity index (χ0n) is 14.4.